The summed E-state index contributed by atoms with van der Waals surface area (Å²) in [5, 5.41) is 2.98. The van der Waals surface area contributed by atoms with E-state index in [4.69, 9.17) is 0 Å². The van der Waals surface area contributed by atoms with Gasteiger partial charge in [-0.25, -0.2) is 0 Å². The molecule has 1 amide bonds. The molecule has 1 aromatic carbocycles. The summed E-state index contributed by atoms with van der Waals surface area (Å²) in [6.07, 6.45) is 4.64. The fourth-order valence-electron chi connectivity index (χ4n) is 2.96. The molecule has 1 fully saturated rings. The molecule has 4 nitrogen and oxygen atoms in total. The molecular formula is C19H25BrF2N2O2. The van der Waals surface area contributed by atoms with E-state index >= 15 is 0 Å². The minimum atomic E-state index is -2.91. The third-order valence-corrected chi connectivity index (χ3v) is 4.89. The lowest BCUT2D eigenvalue weighted by Crippen LogP contribution is -2.50. The SMILES string of the molecule is CC(C)(C)N1CCC(NC(=O)/C=C/c2cc(Br)ccc2OC(F)F)CC1. The normalized spacial score (nSPS) is 17.0. The molecule has 1 heterocycles. The zero-order valence-corrected chi connectivity index (χ0v) is 16.9. The maximum atomic E-state index is 12.5. The second-order valence-corrected chi connectivity index (χ2v) is 8.25. The highest BCUT2D eigenvalue weighted by molar-refractivity contribution is 9.10. The Bertz CT molecular complexity index is 651. The first-order valence-electron chi connectivity index (χ1n) is 8.63. The van der Waals surface area contributed by atoms with Crippen LogP contribution in [-0.4, -0.2) is 42.1 Å². The molecule has 1 saturated heterocycles. The summed E-state index contributed by atoms with van der Waals surface area (Å²) >= 11 is 3.29. The van der Waals surface area contributed by atoms with Gasteiger partial charge in [-0.2, -0.15) is 8.78 Å². The van der Waals surface area contributed by atoms with Crippen molar-refractivity contribution in [2.45, 2.75) is 51.8 Å². The van der Waals surface area contributed by atoms with Gasteiger partial charge in [0.15, 0.2) is 0 Å². The monoisotopic (exact) mass is 430 g/mol. The number of nitrogens with one attached hydrogen (secondary N) is 1. The van der Waals surface area contributed by atoms with Crippen LogP contribution >= 0.6 is 15.9 Å². The standard InChI is InChI=1S/C19H25BrF2N2O2/c1-19(2,3)24-10-8-15(9-11-24)23-17(25)7-4-13-12-14(20)5-6-16(13)26-18(21)22/h4-7,12,15,18H,8-11H2,1-3H3,(H,23,25)/b7-4+. The minimum absolute atomic E-state index is 0.0331. The molecule has 0 bridgehead atoms. The van der Waals surface area contributed by atoms with Crippen molar-refractivity contribution in [1.82, 2.24) is 10.2 Å². The Hall–Kier alpha value is -1.47. The number of carbonyl (C=O) groups is 1. The van der Waals surface area contributed by atoms with Crippen molar-refractivity contribution in [1.29, 1.82) is 0 Å². The largest absolute Gasteiger partial charge is 0.434 e. The lowest BCUT2D eigenvalue weighted by molar-refractivity contribution is -0.117. The lowest BCUT2D eigenvalue weighted by atomic mass is 9.98. The van der Waals surface area contributed by atoms with Crippen molar-refractivity contribution >= 4 is 27.9 Å². The van der Waals surface area contributed by atoms with Gasteiger partial charge in [0, 0.05) is 40.8 Å². The van der Waals surface area contributed by atoms with Crippen molar-refractivity contribution in [2.75, 3.05) is 13.1 Å². The number of amides is 1. The van der Waals surface area contributed by atoms with Crippen LogP contribution < -0.4 is 10.1 Å². The Balaban J connectivity index is 1.93. The maximum Gasteiger partial charge on any atom is 0.387 e. The van der Waals surface area contributed by atoms with Gasteiger partial charge in [0.05, 0.1) is 0 Å². The van der Waals surface area contributed by atoms with Gasteiger partial charge in [0.2, 0.25) is 5.91 Å². The molecule has 2 rings (SSSR count). The lowest BCUT2D eigenvalue weighted by Gasteiger charge is -2.40. The smallest absolute Gasteiger partial charge is 0.387 e. The van der Waals surface area contributed by atoms with Crippen LogP contribution in [0.1, 0.15) is 39.2 Å². The van der Waals surface area contributed by atoms with Gasteiger partial charge in [0.25, 0.3) is 0 Å². The van der Waals surface area contributed by atoms with E-state index in [1.165, 1.54) is 18.2 Å². The molecule has 0 radical (unpaired) electrons. The molecule has 144 valence electrons. The zero-order valence-electron chi connectivity index (χ0n) is 15.3. The van der Waals surface area contributed by atoms with Crippen molar-refractivity contribution < 1.29 is 18.3 Å². The van der Waals surface area contributed by atoms with Gasteiger partial charge < -0.3 is 10.1 Å². The summed E-state index contributed by atoms with van der Waals surface area (Å²) in [7, 11) is 0. The number of ether oxygens (including phenoxy) is 1. The molecule has 0 spiro atoms. The third-order valence-electron chi connectivity index (χ3n) is 4.39. The minimum Gasteiger partial charge on any atom is -0.434 e. The van der Waals surface area contributed by atoms with Gasteiger partial charge >= 0.3 is 6.61 Å². The molecule has 7 heteroatoms. The van der Waals surface area contributed by atoms with Crippen LogP contribution in [0, 0.1) is 0 Å². The Morgan fingerprint density at radius 1 is 1.35 bits per heavy atom. The Morgan fingerprint density at radius 3 is 2.58 bits per heavy atom. The Kier molecular flexibility index (Phi) is 7.17. The van der Waals surface area contributed by atoms with Crippen LogP contribution in [-0.2, 0) is 4.79 Å². The Morgan fingerprint density at radius 2 is 2.00 bits per heavy atom. The van der Waals surface area contributed by atoms with Crippen molar-refractivity contribution in [3.8, 4) is 5.75 Å². The van der Waals surface area contributed by atoms with Gasteiger partial charge in [-0.05, 0) is 57.9 Å². The number of likely N-dealkylation sites (tertiary alicyclic amines) is 1. The number of alkyl halides is 2. The number of benzene rings is 1. The summed E-state index contributed by atoms with van der Waals surface area (Å²) < 4.78 is 30.2. The van der Waals surface area contributed by atoms with E-state index < -0.39 is 6.61 Å². The second kappa shape index (κ2) is 8.95. The molecule has 1 aliphatic rings. The second-order valence-electron chi connectivity index (χ2n) is 7.33. The third kappa shape index (κ3) is 6.36. The van der Waals surface area contributed by atoms with Crippen LogP contribution in [0.4, 0.5) is 8.78 Å². The van der Waals surface area contributed by atoms with E-state index in [1.54, 1.807) is 12.1 Å². The maximum absolute atomic E-state index is 12.5. The first-order valence-corrected chi connectivity index (χ1v) is 9.42. The highest BCUT2D eigenvalue weighted by Gasteiger charge is 2.27. The fraction of sp³-hybridized carbons (Fsp3) is 0.526. The molecule has 1 aliphatic heterocycles. The molecule has 0 atom stereocenters. The number of halogens is 3. The molecule has 0 saturated carbocycles. The van der Waals surface area contributed by atoms with Crippen LogP contribution in [0.25, 0.3) is 6.08 Å². The quantitative estimate of drug-likeness (QED) is 0.701. The molecule has 1 N–H and O–H groups in total. The summed E-state index contributed by atoms with van der Waals surface area (Å²) in [6.45, 7) is 5.53. The van der Waals surface area contributed by atoms with E-state index in [0.29, 0.717) is 10.0 Å². The van der Waals surface area contributed by atoms with Crippen molar-refractivity contribution in [3.05, 3.63) is 34.3 Å². The van der Waals surface area contributed by atoms with E-state index in [2.05, 4.69) is 51.7 Å². The number of hydrogen-bond acceptors (Lipinski definition) is 3. The predicted octanol–water partition coefficient (Wildman–Crippen LogP) is 4.44. The van der Waals surface area contributed by atoms with Gasteiger partial charge in [-0.3, -0.25) is 9.69 Å². The summed E-state index contributed by atoms with van der Waals surface area (Å²) in [5.74, 6) is -0.201. The zero-order chi connectivity index (χ0) is 19.3. The van der Waals surface area contributed by atoms with E-state index in [0.717, 1.165) is 25.9 Å². The van der Waals surface area contributed by atoms with Crippen LogP contribution in [0.2, 0.25) is 0 Å². The number of carbonyl (C=O) groups excluding carboxylic acids is 1. The summed E-state index contributed by atoms with van der Waals surface area (Å²) in [5.41, 5.74) is 0.550. The van der Waals surface area contributed by atoms with E-state index in [1.807, 2.05) is 0 Å². The van der Waals surface area contributed by atoms with Gasteiger partial charge in [0.1, 0.15) is 5.75 Å². The van der Waals surface area contributed by atoms with Crippen molar-refractivity contribution in [2.24, 2.45) is 0 Å². The van der Waals surface area contributed by atoms with Crippen LogP contribution in [0.3, 0.4) is 0 Å². The van der Waals surface area contributed by atoms with Gasteiger partial charge in [-0.1, -0.05) is 15.9 Å². The van der Waals surface area contributed by atoms with Crippen LogP contribution in [0.15, 0.2) is 28.7 Å². The van der Waals surface area contributed by atoms with E-state index in [9.17, 15) is 13.6 Å². The first-order chi connectivity index (χ1) is 12.1. The first kappa shape index (κ1) is 20.8. The predicted molar refractivity (Wildman–Crippen MR) is 102 cm³/mol. The summed E-state index contributed by atoms with van der Waals surface area (Å²) in [4.78, 5) is 14.6. The van der Waals surface area contributed by atoms with Crippen LogP contribution in [0.5, 0.6) is 5.75 Å². The number of hydrogen-bond donors (Lipinski definition) is 1. The van der Waals surface area contributed by atoms with E-state index in [-0.39, 0.29) is 23.2 Å². The Labute approximate surface area is 161 Å². The fourth-order valence-corrected chi connectivity index (χ4v) is 3.34. The molecule has 26 heavy (non-hydrogen) atoms. The molecule has 0 aliphatic carbocycles. The molecule has 0 aromatic heterocycles. The highest BCUT2D eigenvalue weighted by atomic mass is 79.9. The number of nitrogens with zero attached hydrogens (tertiary/aromatic N) is 1. The van der Waals surface area contributed by atoms with Crippen molar-refractivity contribution in [3.63, 3.8) is 0 Å². The number of piperidine rings is 1. The topological polar surface area (TPSA) is 41.6 Å². The molecular weight excluding hydrogens is 406 g/mol. The average molecular weight is 431 g/mol. The highest BCUT2D eigenvalue weighted by Crippen LogP contribution is 2.26. The summed E-state index contributed by atoms with van der Waals surface area (Å²) in [6, 6.07) is 4.81. The van der Waals surface area contributed by atoms with Gasteiger partial charge in [-0.15, -0.1) is 0 Å². The number of rotatable bonds is 5. The molecule has 0 unspecified atom stereocenters. The molecule has 1 aromatic rings. The average Bonchev–Trinajstić information content (AvgIpc) is 2.54.